The number of likely N-dealkylation sites (tertiary alicyclic amines) is 2. The van der Waals surface area contributed by atoms with Gasteiger partial charge in [0.05, 0.1) is 32.8 Å². The summed E-state index contributed by atoms with van der Waals surface area (Å²) in [4.78, 5) is 52.9. The number of amides is 1. The highest BCUT2D eigenvalue weighted by molar-refractivity contribution is 5.87. The van der Waals surface area contributed by atoms with Crippen LogP contribution in [0.15, 0.2) is 0 Å². The Bertz CT molecular complexity index is 697. The number of piperidine rings is 2. The molecule has 0 aromatic heterocycles. The minimum Gasteiger partial charge on any atom is -0.466 e. The van der Waals surface area contributed by atoms with E-state index in [1.54, 1.807) is 13.8 Å². The molecule has 0 radical (unpaired) electrons. The molecular formula is C22H34N2O7. The number of ether oxygens (including phenoxy) is 3. The van der Waals surface area contributed by atoms with Gasteiger partial charge in [-0.1, -0.05) is 0 Å². The Morgan fingerprint density at radius 1 is 0.968 bits per heavy atom. The van der Waals surface area contributed by atoms with Crippen LogP contribution in [0.25, 0.3) is 0 Å². The van der Waals surface area contributed by atoms with Crippen LogP contribution in [0.5, 0.6) is 0 Å². The van der Waals surface area contributed by atoms with Crippen molar-refractivity contribution in [3.8, 4) is 0 Å². The fourth-order valence-electron chi connectivity index (χ4n) is 5.41. The van der Waals surface area contributed by atoms with Gasteiger partial charge in [-0.15, -0.1) is 0 Å². The molecule has 174 valence electrons. The summed E-state index contributed by atoms with van der Waals surface area (Å²) < 4.78 is 15.3. The van der Waals surface area contributed by atoms with Crippen LogP contribution in [0.2, 0.25) is 0 Å². The Morgan fingerprint density at radius 2 is 1.68 bits per heavy atom. The van der Waals surface area contributed by atoms with E-state index < -0.39 is 24.0 Å². The minimum atomic E-state index is -0.650. The van der Waals surface area contributed by atoms with Crippen LogP contribution in [0.3, 0.4) is 0 Å². The van der Waals surface area contributed by atoms with E-state index in [-0.39, 0.29) is 42.7 Å². The van der Waals surface area contributed by atoms with Crippen molar-refractivity contribution in [3.63, 3.8) is 0 Å². The van der Waals surface area contributed by atoms with E-state index in [2.05, 4.69) is 4.90 Å². The Hall–Kier alpha value is -2.16. The number of methoxy groups -OCH3 is 1. The zero-order valence-electron chi connectivity index (χ0n) is 18.7. The normalized spacial score (nSPS) is 31.5. The second kappa shape index (κ2) is 10.4. The van der Waals surface area contributed by atoms with Crippen LogP contribution in [0.4, 0.5) is 4.79 Å². The molecule has 0 spiro atoms. The molecule has 1 aliphatic carbocycles. The number of hydrogen-bond acceptors (Lipinski definition) is 8. The molecule has 2 heterocycles. The van der Waals surface area contributed by atoms with Gasteiger partial charge in [0.25, 0.3) is 0 Å². The van der Waals surface area contributed by atoms with Crippen molar-refractivity contribution in [2.24, 2.45) is 17.8 Å². The lowest BCUT2D eigenvalue weighted by Gasteiger charge is -2.48. The maximum absolute atomic E-state index is 12.5. The summed E-state index contributed by atoms with van der Waals surface area (Å²) in [6.45, 7) is 5.43. The summed E-state index contributed by atoms with van der Waals surface area (Å²) in [7, 11) is 1.32. The summed E-state index contributed by atoms with van der Waals surface area (Å²) in [6, 6.07) is -0.474. The number of carbonyl (C=O) groups excluding carboxylic acids is 4. The van der Waals surface area contributed by atoms with Gasteiger partial charge >= 0.3 is 18.0 Å². The lowest BCUT2D eigenvalue weighted by Crippen LogP contribution is -2.57. The smallest absolute Gasteiger partial charge is 0.410 e. The fourth-order valence-corrected chi connectivity index (χ4v) is 5.41. The Morgan fingerprint density at radius 3 is 2.35 bits per heavy atom. The van der Waals surface area contributed by atoms with Gasteiger partial charge in [-0.05, 0) is 51.4 Å². The molecule has 2 unspecified atom stereocenters. The van der Waals surface area contributed by atoms with Crippen molar-refractivity contribution in [1.29, 1.82) is 0 Å². The summed E-state index contributed by atoms with van der Waals surface area (Å²) >= 11 is 0. The van der Waals surface area contributed by atoms with Crippen molar-refractivity contribution in [2.45, 2.75) is 58.0 Å². The number of hydrogen-bond donors (Lipinski definition) is 0. The number of fused-ring (bicyclic) bond motifs is 1. The predicted molar refractivity (Wildman–Crippen MR) is 110 cm³/mol. The van der Waals surface area contributed by atoms with E-state index in [9.17, 15) is 19.2 Å². The molecule has 0 bridgehead atoms. The number of rotatable bonds is 5. The van der Waals surface area contributed by atoms with Gasteiger partial charge in [-0.25, -0.2) is 9.59 Å². The second-order valence-electron chi connectivity index (χ2n) is 8.73. The quantitative estimate of drug-likeness (QED) is 0.471. The zero-order valence-corrected chi connectivity index (χ0v) is 18.7. The third-order valence-corrected chi connectivity index (χ3v) is 6.86. The maximum atomic E-state index is 12.5. The molecule has 2 saturated heterocycles. The highest BCUT2D eigenvalue weighted by atomic mass is 16.6. The van der Waals surface area contributed by atoms with Crippen LogP contribution in [0, 0.1) is 17.8 Å². The highest BCUT2D eigenvalue weighted by Crippen LogP contribution is 2.41. The third-order valence-electron chi connectivity index (χ3n) is 6.86. The Labute approximate surface area is 183 Å². The molecule has 3 rings (SSSR count). The van der Waals surface area contributed by atoms with Crippen LogP contribution in [0.1, 0.15) is 46.0 Å². The Balaban J connectivity index is 1.68. The van der Waals surface area contributed by atoms with Gasteiger partial charge in [0.2, 0.25) is 0 Å². The first-order valence-electron chi connectivity index (χ1n) is 11.3. The Kier molecular flexibility index (Phi) is 7.91. The van der Waals surface area contributed by atoms with Gasteiger partial charge in [0, 0.05) is 25.6 Å². The summed E-state index contributed by atoms with van der Waals surface area (Å²) in [5.74, 6) is -0.523. The van der Waals surface area contributed by atoms with E-state index in [0.717, 1.165) is 19.3 Å². The molecule has 3 fully saturated rings. The molecular weight excluding hydrogens is 404 g/mol. The molecule has 31 heavy (non-hydrogen) atoms. The first-order valence-corrected chi connectivity index (χ1v) is 11.3. The van der Waals surface area contributed by atoms with Gasteiger partial charge in [0.1, 0.15) is 11.8 Å². The first-order chi connectivity index (χ1) is 14.9. The standard InChI is InChI=1S/C22H34N2O7/c1-4-30-20(26)16-9-18(25)13-23(11-16)17-7-6-14-12-24(22(28)29-3)19(10-15(14)8-17)21(27)31-5-2/h14-17,19H,4-13H2,1-3H3/t14-,15?,16+,17-,19?/m0/s1. The summed E-state index contributed by atoms with van der Waals surface area (Å²) in [6.07, 6.45) is 2.89. The summed E-state index contributed by atoms with van der Waals surface area (Å²) in [5, 5.41) is 0. The lowest BCUT2D eigenvalue weighted by atomic mass is 9.70. The van der Waals surface area contributed by atoms with Crippen molar-refractivity contribution in [3.05, 3.63) is 0 Å². The van der Waals surface area contributed by atoms with Gasteiger partial charge in [-0.2, -0.15) is 0 Å². The molecule has 1 saturated carbocycles. The van der Waals surface area contributed by atoms with Crippen molar-refractivity contribution < 1.29 is 33.4 Å². The van der Waals surface area contributed by atoms with Crippen molar-refractivity contribution in [2.75, 3.05) is 40.0 Å². The number of esters is 2. The van der Waals surface area contributed by atoms with Gasteiger partial charge in [-0.3, -0.25) is 19.4 Å². The molecule has 1 amide bonds. The molecule has 2 aliphatic heterocycles. The van der Waals surface area contributed by atoms with E-state index in [1.165, 1.54) is 12.0 Å². The van der Waals surface area contributed by atoms with Crippen molar-refractivity contribution in [1.82, 2.24) is 9.80 Å². The molecule has 5 atom stereocenters. The highest BCUT2D eigenvalue weighted by Gasteiger charge is 2.46. The molecule has 9 heteroatoms. The topological polar surface area (TPSA) is 102 Å². The van der Waals surface area contributed by atoms with E-state index in [1.807, 2.05) is 0 Å². The van der Waals surface area contributed by atoms with E-state index in [4.69, 9.17) is 14.2 Å². The van der Waals surface area contributed by atoms with Gasteiger partial charge < -0.3 is 14.2 Å². The molecule has 0 aromatic carbocycles. The average molecular weight is 439 g/mol. The summed E-state index contributed by atoms with van der Waals surface area (Å²) in [5.41, 5.74) is 0. The van der Waals surface area contributed by atoms with Crippen LogP contribution >= 0.6 is 0 Å². The first kappa shape index (κ1) is 23.5. The predicted octanol–water partition coefficient (Wildman–Crippen LogP) is 1.63. The molecule has 3 aliphatic rings. The number of Topliss-reactive ketones (excluding diaryl/α,β-unsaturated/α-hetero) is 1. The lowest BCUT2D eigenvalue weighted by molar-refractivity contribution is -0.154. The second-order valence-corrected chi connectivity index (χ2v) is 8.73. The van der Waals surface area contributed by atoms with Crippen molar-refractivity contribution >= 4 is 23.8 Å². The average Bonchev–Trinajstić information content (AvgIpc) is 2.77. The SMILES string of the molecule is CCOC(=O)C1CC2C[C@@H](N3CC(=O)C[C@@H](C(=O)OCC)C3)CC[C@H]2CN1C(=O)OC. The van der Waals surface area contributed by atoms with Crippen LogP contribution < -0.4 is 0 Å². The van der Waals surface area contributed by atoms with E-state index >= 15 is 0 Å². The van der Waals surface area contributed by atoms with Crippen LogP contribution in [-0.4, -0.2) is 85.7 Å². The van der Waals surface area contributed by atoms with Gasteiger partial charge in [0.15, 0.2) is 0 Å². The monoisotopic (exact) mass is 438 g/mol. The third kappa shape index (κ3) is 5.37. The number of nitrogens with zero attached hydrogens (tertiary/aromatic N) is 2. The number of ketones is 1. The minimum absolute atomic E-state index is 0.0661. The fraction of sp³-hybridized carbons (Fsp3) is 0.818. The van der Waals surface area contributed by atoms with E-state index in [0.29, 0.717) is 32.7 Å². The largest absolute Gasteiger partial charge is 0.466 e. The maximum Gasteiger partial charge on any atom is 0.410 e. The molecule has 0 N–H and O–H groups in total. The molecule has 0 aromatic rings. The number of carbonyl (C=O) groups is 4. The zero-order chi connectivity index (χ0) is 22.5. The van der Waals surface area contributed by atoms with Crippen LogP contribution in [-0.2, 0) is 28.6 Å². The molecule has 9 nitrogen and oxygen atoms in total.